The first kappa shape index (κ1) is 14.8. The van der Waals surface area contributed by atoms with E-state index in [2.05, 4.69) is 4.98 Å². The second kappa shape index (κ2) is 6.39. The van der Waals surface area contributed by atoms with Crippen molar-refractivity contribution in [1.82, 2.24) is 9.88 Å². The van der Waals surface area contributed by atoms with Gasteiger partial charge in [0, 0.05) is 38.2 Å². The molecule has 24 heavy (non-hydrogen) atoms. The maximum absolute atomic E-state index is 12.8. The number of fused-ring (bicyclic) bond motifs is 1. The number of hydrogen-bond acceptors (Lipinski definition) is 5. The number of benzene rings is 1. The van der Waals surface area contributed by atoms with Crippen LogP contribution < -0.4 is 14.2 Å². The van der Waals surface area contributed by atoms with E-state index in [4.69, 9.17) is 14.2 Å². The number of aromatic nitrogens is 1. The number of rotatable bonds is 3. The Labute approximate surface area is 140 Å². The Bertz CT molecular complexity index is 727. The number of pyridine rings is 1. The minimum atomic E-state index is -0.0198. The molecule has 1 aromatic heterocycles. The van der Waals surface area contributed by atoms with Gasteiger partial charge in [-0.05, 0) is 18.2 Å². The van der Waals surface area contributed by atoms with Crippen LogP contribution in [-0.4, -0.2) is 41.8 Å². The maximum atomic E-state index is 12.8. The molecule has 0 atom stereocenters. The molecule has 4 rings (SSSR count). The first-order valence-corrected chi connectivity index (χ1v) is 8.07. The van der Waals surface area contributed by atoms with E-state index in [0.29, 0.717) is 36.0 Å². The first-order chi connectivity index (χ1) is 11.8. The summed E-state index contributed by atoms with van der Waals surface area (Å²) in [6, 6.07) is 11.0. The number of likely N-dealkylation sites (tertiary alicyclic amines) is 1. The van der Waals surface area contributed by atoms with Crippen molar-refractivity contribution in [2.45, 2.75) is 18.9 Å². The zero-order valence-corrected chi connectivity index (χ0v) is 13.2. The predicted molar refractivity (Wildman–Crippen MR) is 86.4 cm³/mol. The molecule has 2 aliphatic rings. The zero-order chi connectivity index (χ0) is 16.4. The fourth-order valence-electron chi connectivity index (χ4n) is 3.03. The van der Waals surface area contributed by atoms with Crippen molar-refractivity contribution in [1.29, 1.82) is 0 Å². The lowest BCUT2D eigenvalue weighted by Gasteiger charge is -2.32. The summed E-state index contributed by atoms with van der Waals surface area (Å²) in [5.74, 6) is 1.80. The molecule has 0 N–H and O–H groups in total. The molecule has 0 unspecified atom stereocenters. The van der Waals surface area contributed by atoms with E-state index in [9.17, 15) is 4.79 Å². The first-order valence-electron chi connectivity index (χ1n) is 8.07. The van der Waals surface area contributed by atoms with Crippen molar-refractivity contribution in [3.63, 3.8) is 0 Å². The minimum absolute atomic E-state index is 0.0198. The van der Waals surface area contributed by atoms with E-state index in [-0.39, 0.29) is 18.8 Å². The van der Waals surface area contributed by atoms with Crippen molar-refractivity contribution in [3.8, 4) is 17.4 Å². The number of carbonyl (C=O) groups excluding carboxylic acids is 1. The average molecular weight is 326 g/mol. The number of nitrogens with zero attached hydrogens (tertiary/aromatic N) is 2. The van der Waals surface area contributed by atoms with Gasteiger partial charge in [0.1, 0.15) is 6.10 Å². The summed E-state index contributed by atoms with van der Waals surface area (Å²) < 4.78 is 16.6. The van der Waals surface area contributed by atoms with Crippen molar-refractivity contribution in [2.75, 3.05) is 19.9 Å². The second-order valence-corrected chi connectivity index (χ2v) is 5.82. The quantitative estimate of drug-likeness (QED) is 0.867. The van der Waals surface area contributed by atoms with Gasteiger partial charge in [-0.15, -0.1) is 0 Å². The highest BCUT2D eigenvalue weighted by molar-refractivity contribution is 5.98. The molecular formula is C18H18N2O4. The Morgan fingerprint density at radius 3 is 2.79 bits per heavy atom. The lowest BCUT2D eigenvalue weighted by Crippen LogP contribution is -2.41. The molecule has 1 saturated heterocycles. The molecule has 6 nitrogen and oxygen atoms in total. The average Bonchev–Trinajstić information content (AvgIpc) is 3.11. The van der Waals surface area contributed by atoms with Crippen molar-refractivity contribution < 1.29 is 19.0 Å². The highest BCUT2D eigenvalue weighted by atomic mass is 16.7. The summed E-state index contributed by atoms with van der Waals surface area (Å²) >= 11 is 0. The molecule has 2 aliphatic heterocycles. The van der Waals surface area contributed by atoms with Crippen LogP contribution in [0.15, 0.2) is 42.6 Å². The molecule has 1 aromatic carbocycles. The molecule has 6 heteroatoms. The van der Waals surface area contributed by atoms with E-state index in [0.717, 1.165) is 12.8 Å². The summed E-state index contributed by atoms with van der Waals surface area (Å²) in [5.41, 5.74) is 0.564. The summed E-state index contributed by atoms with van der Waals surface area (Å²) in [6.45, 7) is 1.47. The molecule has 2 aromatic rings. The largest absolute Gasteiger partial charge is 0.474 e. The highest BCUT2D eigenvalue weighted by Crippen LogP contribution is 2.36. The lowest BCUT2D eigenvalue weighted by molar-refractivity contribution is 0.0584. The summed E-state index contributed by atoms with van der Waals surface area (Å²) in [7, 11) is 0. The van der Waals surface area contributed by atoms with Crippen LogP contribution in [0, 0.1) is 0 Å². The molecule has 0 bridgehead atoms. The number of ether oxygens (including phenoxy) is 3. The Morgan fingerprint density at radius 1 is 1.12 bits per heavy atom. The Kier molecular flexibility index (Phi) is 3.94. The van der Waals surface area contributed by atoms with E-state index >= 15 is 0 Å². The van der Waals surface area contributed by atoms with E-state index in [1.807, 2.05) is 35.2 Å². The third-order valence-corrected chi connectivity index (χ3v) is 4.28. The maximum Gasteiger partial charge on any atom is 0.257 e. The smallest absolute Gasteiger partial charge is 0.257 e. The van der Waals surface area contributed by atoms with Gasteiger partial charge in [-0.25, -0.2) is 4.98 Å². The molecule has 0 radical (unpaired) electrons. The van der Waals surface area contributed by atoms with Crippen molar-refractivity contribution >= 4 is 5.91 Å². The second-order valence-electron chi connectivity index (χ2n) is 5.82. The fourth-order valence-corrected chi connectivity index (χ4v) is 3.03. The molecule has 0 aliphatic carbocycles. The van der Waals surface area contributed by atoms with E-state index in [1.54, 1.807) is 12.3 Å². The SMILES string of the molecule is O=C(c1cccc2c1OCO2)N1CCC(Oc2ccccn2)CC1. The number of carbonyl (C=O) groups is 1. The number of hydrogen-bond donors (Lipinski definition) is 0. The molecular weight excluding hydrogens is 308 g/mol. The molecule has 1 amide bonds. The topological polar surface area (TPSA) is 60.9 Å². The highest BCUT2D eigenvalue weighted by Gasteiger charge is 2.29. The minimum Gasteiger partial charge on any atom is -0.474 e. The zero-order valence-electron chi connectivity index (χ0n) is 13.2. The lowest BCUT2D eigenvalue weighted by atomic mass is 10.1. The Hall–Kier alpha value is -2.76. The van der Waals surface area contributed by atoms with Crippen LogP contribution in [0.3, 0.4) is 0 Å². The summed E-state index contributed by atoms with van der Waals surface area (Å²) in [4.78, 5) is 18.8. The number of para-hydroxylation sites is 1. The van der Waals surface area contributed by atoms with Gasteiger partial charge in [0.05, 0.1) is 5.56 Å². The monoisotopic (exact) mass is 326 g/mol. The van der Waals surface area contributed by atoms with Crippen LogP contribution >= 0.6 is 0 Å². The van der Waals surface area contributed by atoms with Gasteiger partial charge >= 0.3 is 0 Å². The van der Waals surface area contributed by atoms with E-state index < -0.39 is 0 Å². The van der Waals surface area contributed by atoms with Gasteiger partial charge in [-0.3, -0.25) is 4.79 Å². The van der Waals surface area contributed by atoms with Gasteiger partial charge in [-0.1, -0.05) is 12.1 Å². The van der Waals surface area contributed by atoms with Crippen LogP contribution in [0.5, 0.6) is 17.4 Å². The van der Waals surface area contributed by atoms with Gasteiger partial charge in [-0.2, -0.15) is 0 Å². The van der Waals surface area contributed by atoms with Gasteiger partial charge < -0.3 is 19.1 Å². The van der Waals surface area contributed by atoms with Crippen LogP contribution in [0.4, 0.5) is 0 Å². The third-order valence-electron chi connectivity index (χ3n) is 4.28. The van der Waals surface area contributed by atoms with Crippen LogP contribution in [0.1, 0.15) is 23.2 Å². The Balaban J connectivity index is 1.39. The van der Waals surface area contributed by atoms with E-state index in [1.165, 1.54) is 0 Å². The number of piperidine rings is 1. The molecule has 0 spiro atoms. The molecule has 3 heterocycles. The van der Waals surface area contributed by atoms with Crippen molar-refractivity contribution in [3.05, 3.63) is 48.2 Å². The Morgan fingerprint density at radius 2 is 2.00 bits per heavy atom. The summed E-state index contributed by atoms with van der Waals surface area (Å²) in [6.07, 6.45) is 3.38. The van der Waals surface area contributed by atoms with Gasteiger partial charge in [0.25, 0.3) is 5.91 Å². The molecule has 124 valence electrons. The fraction of sp³-hybridized carbons (Fsp3) is 0.333. The number of amides is 1. The molecule has 1 fully saturated rings. The third kappa shape index (κ3) is 2.87. The van der Waals surface area contributed by atoms with Gasteiger partial charge in [0.15, 0.2) is 11.5 Å². The standard InChI is InChI=1S/C18H18N2O4/c21-18(14-4-3-5-15-17(14)23-12-22-15)20-10-7-13(8-11-20)24-16-6-1-2-9-19-16/h1-6,9,13H,7-8,10-12H2. The van der Waals surface area contributed by atoms with Crippen LogP contribution in [0.2, 0.25) is 0 Å². The van der Waals surface area contributed by atoms with Gasteiger partial charge in [0.2, 0.25) is 12.7 Å². The predicted octanol–water partition coefficient (Wildman–Crippen LogP) is 2.49. The van der Waals surface area contributed by atoms with Crippen LogP contribution in [-0.2, 0) is 0 Å². The normalized spacial score (nSPS) is 16.9. The van der Waals surface area contributed by atoms with Crippen LogP contribution in [0.25, 0.3) is 0 Å². The molecule has 0 saturated carbocycles. The summed E-state index contributed by atoms with van der Waals surface area (Å²) in [5, 5.41) is 0. The van der Waals surface area contributed by atoms with Crippen molar-refractivity contribution in [2.24, 2.45) is 0 Å².